The summed E-state index contributed by atoms with van der Waals surface area (Å²) >= 11 is 0. The lowest BCUT2D eigenvalue weighted by molar-refractivity contribution is -0.137. The number of aryl methyl sites for hydroxylation is 1. The van der Waals surface area contributed by atoms with Gasteiger partial charge in [0.2, 0.25) is 0 Å². The molecule has 0 saturated heterocycles. The molecule has 0 aliphatic heterocycles. The molecule has 3 aromatic carbocycles. The Bertz CT molecular complexity index is 1920. The molecule has 204 valence electrons. The van der Waals surface area contributed by atoms with Gasteiger partial charge in [-0.1, -0.05) is 24.3 Å². The molecule has 3 heterocycles. The van der Waals surface area contributed by atoms with E-state index < -0.39 is 17.6 Å². The highest BCUT2D eigenvalue weighted by molar-refractivity contribution is 6.05. The van der Waals surface area contributed by atoms with Crippen LogP contribution in [-0.4, -0.2) is 30.0 Å². The van der Waals surface area contributed by atoms with E-state index in [1.165, 1.54) is 23.3 Å². The average Bonchev–Trinajstić information content (AvgIpc) is 3.58. The highest BCUT2D eigenvalue weighted by Gasteiger charge is 2.32. The van der Waals surface area contributed by atoms with Crippen molar-refractivity contribution < 1.29 is 18.0 Å². The summed E-state index contributed by atoms with van der Waals surface area (Å²) in [5.74, 6) is 0.304. The molecule has 0 unspecified atom stereocenters. The van der Waals surface area contributed by atoms with Crippen molar-refractivity contribution in [2.45, 2.75) is 13.1 Å². The number of imidazole rings is 1. The SMILES string of the molecule is Cc1cn(-c2cc(C(=O)Nc3cccc(-c4ccc5ccn(-c6cc(N)ncn6)c5c4)c3)cc(C(F)(F)F)c2)cn1. The molecule has 41 heavy (non-hydrogen) atoms. The summed E-state index contributed by atoms with van der Waals surface area (Å²) in [6.45, 7) is 1.73. The zero-order valence-electron chi connectivity index (χ0n) is 21.6. The molecule has 0 spiro atoms. The van der Waals surface area contributed by atoms with Crippen LogP contribution < -0.4 is 11.1 Å². The van der Waals surface area contributed by atoms with Gasteiger partial charge >= 0.3 is 6.18 Å². The van der Waals surface area contributed by atoms with Gasteiger partial charge in [-0.3, -0.25) is 4.79 Å². The lowest BCUT2D eigenvalue weighted by atomic mass is 10.0. The molecule has 8 nitrogen and oxygen atoms in total. The monoisotopic (exact) mass is 553 g/mol. The summed E-state index contributed by atoms with van der Waals surface area (Å²) in [6, 6.07) is 19.9. The molecule has 0 atom stereocenters. The largest absolute Gasteiger partial charge is 0.416 e. The molecule has 0 bridgehead atoms. The number of carbonyl (C=O) groups is 1. The number of alkyl halides is 3. The van der Waals surface area contributed by atoms with Gasteiger partial charge in [-0.15, -0.1) is 0 Å². The molecule has 6 aromatic rings. The molecule has 0 fully saturated rings. The van der Waals surface area contributed by atoms with Crippen LogP contribution in [0.1, 0.15) is 21.6 Å². The summed E-state index contributed by atoms with van der Waals surface area (Å²) in [6.07, 6.45) is 1.66. The predicted octanol–water partition coefficient (Wildman–Crippen LogP) is 6.43. The first-order valence-electron chi connectivity index (χ1n) is 12.5. The summed E-state index contributed by atoms with van der Waals surface area (Å²) in [7, 11) is 0. The van der Waals surface area contributed by atoms with Crippen molar-refractivity contribution in [2.24, 2.45) is 0 Å². The number of nitrogens with two attached hydrogens (primary N) is 1. The zero-order chi connectivity index (χ0) is 28.7. The zero-order valence-corrected chi connectivity index (χ0v) is 21.6. The Morgan fingerprint density at radius 2 is 1.76 bits per heavy atom. The van der Waals surface area contributed by atoms with E-state index in [0.717, 1.165) is 34.2 Å². The lowest BCUT2D eigenvalue weighted by Gasteiger charge is -2.13. The van der Waals surface area contributed by atoms with Crippen molar-refractivity contribution in [3.05, 3.63) is 115 Å². The second-order valence-electron chi connectivity index (χ2n) is 9.48. The Labute approximate surface area is 231 Å². The summed E-state index contributed by atoms with van der Waals surface area (Å²) in [5, 5.41) is 3.73. The third kappa shape index (κ3) is 5.24. The summed E-state index contributed by atoms with van der Waals surface area (Å²) < 4.78 is 44.4. The van der Waals surface area contributed by atoms with E-state index in [9.17, 15) is 18.0 Å². The molecule has 6 rings (SSSR count). The highest BCUT2D eigenvalue weighted by atomic mass is 19.4. The fourth-order valence-corrected chi connectivity index (χ4v) is 4.60. The van der Waals surface area contributed by atoms with Crippen molar-refractivity contribution >= 4 is 28.3 Å². The minimum atomic E-state index is -4.63. The van der Waals surface area contributed by atoms with Crippen LogP contribution in [0.3, 0.4) is 0 Å². The van der Waals surface area contributed by atoms with Gasteiger partial charge in [0.25, 0.3) is 5.91 Å². The Kier molecular flexibility index (Phi) is 6.26. The Morgan fingerprint density at radius 1 is 0.927 bits per heavy atom. The Balaban J connectivity index is 1.32. The van der Waals surface area contributed by atoms with Gasteiger partial charge in [0, 0.05) is 40.8 Å². The van der Waals surface area contributed by atoms with E-state index in [4.69, 9.17) is 5.73 Å². The molecule has 0 aliphatic carbocycles. The van der Waals surface area contributed by atoms with Gasteiger partial charge in [0.15, 0.2) is 0 Å². The number of benzene rings is 3. The standard InChI is InChI=1S/C30H22F3N7O/c1-18-15-39(17-37-18)25-11-22(9-23(13-25)30(31,32)33)29(41)38-24-4-2-3-20(10-24)21-6-5-19-7-8-40(26(19)12-21)28-14-27(34)35-16-36-28/h2-17H,1H3,(H,38,41)(H2,34,35,36). The molecule has 1 amide bonds. The van der Waals surface area contributed by atoms with Gasteiger partial charge < -0.3 is 20.2 Å². The molecule has 11 heteroatoms. The van der Waals surface area contributed by atoms with E-state index in [-0.39, 0.29) is 11.3 Å². The van der Waals surface area contributed by atoms with Crippen molar-refractivity contribution in [3.8, 4) is 22.6 Å². The van der Waals surface area contributed by atoms with Crippen molar-refractivity contribution in [3.63, 3.8) is 0 Å². The second-order valence-corrected chi connectivity index (χ2v) is 9.48. The fraction of sp³-hybridized carbons (Fsp3) is 0.0667. The molecular weight excluding hydrogens is 531 g/mol. The van der Waals surface area contributed by atoms with Gasteiger partial charge in [0.05, 0.1) is 23.1 Å². The molecule has 3 N–H and O–H groups in total. The van der Waals surface area contributed by atoms with Crippen LogP contribution in [0.15, 0.2) is 97.8 Å². The Morgan fingerprint density at radius 3 is 2.51 bits per heavy atom. The number of nitrogens with zero attached hydrogens (tertiary/aromatic N) is 5. The average molecular weight is 554 g/mol. The second kappa shape index (κ2) is 9.94. The van der Waals surface area contributed by atoms with Gasteiger partial charge in [-0.2, -0.15) is 13.2 Å². The minimum absolute atomic E-state index is 0.130. The van der Waals surface area contributed by atoms with Crippen LogP contribution in [0.2, 0.25) is 0 Å². The molecular formula is C30H22F3N7O. The first kappa shape index (κ1) is 25.8. The van der Waals surface area contributed by atoms with E-state index in [2.05, 4.69) is 20.3 Å². The smallest absolute Gasteiger partial charge is 0.384 e. The van der Waals surface area contributed by atoms with Crippen LogP contribution in [0.4, 0.5) is 24.7 Å². The third-order valence-corrected chi connectivity index (χ3v) is 6.58. The molecule has 0 radical (unpaired) electrons. The number of hydrogen-bond donors (Lipinski definition) is 2. The number of fused-ring (bicyclic) bond motifs is 1. The molecule has 3 aromatic heterocycles. The first-order chi connectivity index (χ1) is 19.6. The number of nitrogen functional groups attached to an aromatic ring is 1. The maximum atomic E-state index is 13.7. The quantitative estimate of drug-likeness (QED) is 0.256. The number of anilines is 2. The highest BCUT2D eigenvalue weighted by Crippen LogP contribution is 2.32. The van der Waals surface area contributed by atoms with Crippen LogP contribution in [0.25, 0.3) is 33.5 Å². The topological polar surface area (TPSA) is 104 Å². The normalized spacial score (nSPS) is 11.6. The van der Waals surface area contributed by atoms with E-state index >= 15 is 0 Å². The Hall–Kier alpha value is -5.45. The minimum Gasteiger partial charge on any atom is -0.384 e. The predicted molar refractivity (Wildman–Crippen MR) is 150 cm³/mol. The fourth-order valence-electron chi connectivity index (χ4n) is 4.60. The van der Waals surface area contributed by atoms with Crippen LogP contribution in [0, 0.1) is 6.92 Å². The maximum absolute atomic E-state index is 13.7. The number of nitrogens with one attached hydrogen (secondary N) is 1. The van der Waals surface area contributed by atoms with Crippen molar-refractivity contribution in [1.82, 2.24) is 24.1 Å². The van der Waals surface area contributed by atoms with Crippen LogP contribution in [-0.2, 0) is 6.18 Å². The van der Waals surface area contributed by atoms with Crippen molar-refractivity contribution in [1.29, 1.82) is 0 Å². The number of aromatic nitrogens is 5. The van der Waals surface area contributed by atoms with E-state index in [1.54, 1.807) is 37.4 Å². The van der Waals surface area contributed by atoms with Gasteiger partial charge in [0.1, 0.15) is 18.0 Å². The molecule has 0 aliphatic rings. The van der Waals surface area contributed by atoms with Crippen molar-refractivity contribution in [2.75, 3.05) is 11.1 Å². The number of rotatable bonds is 5. The number of carbonyl (C=O) groups excluding carboxylic acids is 1. The molecule has 0 saturated carbocycles. The maximum Gasteiger partial charge on any atom is 0.416 e. The number of amides is 1. The van der Waals surface area contributed by atoms with Crippen LogP contribution >= 0.6 is 0 Å². The van der Waals surface area contributed by atoms with E-state index in [1.807, 2.05) is 41.1 Å². The van der Waals surface area contributed by atoms with Gasteiger partial charge in [-0.25, -0.2) is 15.0 Å². The van der Waals surface area contributed by atoms with E-state index in [0.29, 0.717) is 23.0 Å². The number of halogens is 3. The van der Waals surface area contributed by atoms with Gasteiger partial charge in [-0.05, 0) is 60.5 Å². The first-order valence-corrected chi connectivity index (χ1v) is 12.5. The van der Waals surface area contributed by atoms with Crippen LogP contribution in [0.5, 0.6) is 0 Å². The third-order valence-electron chi connectivity index (χ3n) is 6.58. The lowest BCUT2D eigenvalue weighted by Crippen LogP contribution is -2.15. The number of hydrogen-bond acceptors (Lipinski definition) is 5. The summed E-state index contributed by atoms with van der Waals surface area (Å²) in [5.41, 5.74) is 8.59. The summed E-state index contributed by atoms with van der Waals surface area (Å²) in [4.78, 5) is 25.5.